The van der Waals surface area contributed by atoms with Crippen molar-refractivity contribution in [3.8, 4) is 16.9 Å². The van der Waals surface area contributed by atoms with E-state index in [9.17, 15) is 13.6 Å². The minimum atomic E-state index is -3.02. The van der Waals surface area contributed by atoms with Gasteiger partial charge >= 0.3 is 12.7 Å². The summed E-state index contributed by atoms with van der Waals surface area (Å²) in [7, 11) is 0. The molecule has 3 aromatic rings. The maximum Gasteiger partial charge on any atom is 0.410 e. The van der Waals surface area contributed by atoms with E-state index in [-0.39, 0.29) is 31.5 Å². The van der Waals surface area contributed by atoms with E-state index in [1.165, 1.54) is 11.0 Å². The van der Waals surface area contributed by atoms with Gasteiger partial charge in [-0.1, -0.05) is 42.5 Å². The van der Waals surface area contributed by atoms with Crippen molar-refractivity contribution in [3.05, 3.63) is 83.2 Å². The Morgan fingerprint density at radius 2 is 1.85 bits per heavy atom. The summed E-state index contributed by atoms with van der Waals surface area (Å²) in [6, 6.07) is 17.5. The number of fused-ring (bicyclic) bond motifs is 1. The lowest BCUT2D eigenvalue weighted by Gasteiger charge is -2.17. The number of carbonyl (C=O) groups excluding carboxylic acids is 1. The van der Waals surface area contributed by atoms with E-state index in [2.05, 4.69) is 5.32 Å². The molecule has 1 fully saturated rings. The number of carbonyl (C=O) groups is 1. The number of anilines is 1. The molecule has 1 aliphatic carbocycles. The first-order valence-electron chi connectivity index (χ1n) is 11.1. The Morgan fingerprint density at radius 1 is 1.06 bits per heavy atom. The molecule has 8 heteroatoms. The van der Waals surface area contributed by atoms with Crippen molar-refractivity contribution < 1.29 is 27.4 Å². The van der Waals surface area contributed by atoms with Crippen LogP contribution in [0.2, 0.25) is 0 Å². The lowest BCUT2D eigenvalue weighted by Crippen LogP contribution is -2.26. The van der Waals surface area contributed by atoms with Crippen molar-refractivity contribution in [2.75, 3.05) is 5.32 Å². The molecule has 3 aromatic carbocycles. The van der Waals surface area contributed by atoms with Gasteiger partial charge in [0.05, 0.1) is 12.2 Å². The highest BCUT2D eigenvalue weighted by Crippen LogP contribution is 2.41. The van der Waals surface area contributed by atoms with Crippen LogP contribution in [0.3, 0.4) is 0 Å². The minimum Gasteiger partial charge on any atom is -0.445 e. The molecule has 0 unspecified atom stereocenters. The Bertz CT molecular complexity index is 1200. The van der Waals surface area contributed by atoms with E-state index in [4.69, 9.17) is 9.47 Å². The molecule has 0 saturated heterocycles. The molecule has 1 aliphatic heterocycles. The van der Waals surface area contributed by atoms with Crippen LogP contribution >= 0.6 is 0 Å². The predicted octanol–water partition coefficient (Wildman–Crippen LogP) is 6.32. The molecule has 1 amide bonds. The van der Waals surface area contributed by atoms with Crippen molar-refractivity contribution in [2.24, 2.45) is 0 Å². The van der Waals surface area contributed by atoms with Gasteiger partial charge in [-0.25, -0.2) is 9.18 Å². The Hall–Kier alpha value is -3.68. The van der Waals surface area contributed by atoms with Crippen LogP contribution in [-0.2, 0) is 24.4 Å². The molecule has 1 N–H and O–H groups in total. The molecule has 0 spiro atoms. The monoisotopic (exact) mass is 468 g/mol. The third kappa shape index (κ3) is 4.81. The number of nitrogens with one attached hydrogen (secondary N) is 1. The number of benzene rings is 3. The number of amides is 1. The smallest absolute Gasteiger partial charge is 0.410 e. The molecule has 1 saturated carbocycles. The quantitative estimate of drug-likeness (QED) is 0.441. The van der Waals surface area contributed by atoms with Gasteiger partial charge < -0.3 is 14.8 Å². The largest absolute Gasteiger partial charge is 0.445 e. The predicted molar refractivity (Wildman–Crippen MR) is 121 cm³/mol. The van der Waals surface area contributed by atoms with E-state index in [0.717, 1.165) is 18.4 Å². The molecule has 5 rings (SSSR count). The number of rotatable bonds is 7. The van der Waals surface area contributed by atoms with Crippen molar-refractivity contribution in [2.45, 2.75) is 45.2 Å². The van der Waals surface area contributed by atoms with Gasteiger partial charge in [0.15, 0.2) is 5.75 Å². The van der Waals surface area contributed by atoms with Crippen LogP contribution in [0.4, 0.5) is 23.7 Å². The number of halogens is 3. The Labute approximate surface area is 195 Å². The summed E-state index contributed by atoms with van der Waals surface area (Å²) in [6.45, 7) is -2.65. The average Bonchev–Trinajstić information content (AvgIpc) is 3.53. The first kappa shape index (κ1) is 22.1. The first-order chi connectivity index (χ1) is 16.5. The summed E-state index contributed by atoms with van der Waals surface area (Å²) >= 11 is 0. The average molecular weight is 468 g/mol. The number of hydrogen-bond donors (Lipinski definition) is 1. The molecule has 176 valence electrons. The Balaban J connectivity index is 1.38. The van der Waals surface area contributed by atoms with Crippen LogP contribution in [-0.4, -0.2) is 23.6 Å². The molecule has 0 radical (unpaired) electrons. The van der Waals surface area contributed by atoms with Crippen LogP contribution < -0.4 is 10.1 Å². The van der Waals surface area contributed by atoms with E-state index in [1.54, 1.807) is 24.3 Å². The zero-order valence-corrected chi connectivity index (χ0v) is 18.3. The second kappa shape index (κ2) is 9.29. The second-order valence-electron chi connectivity index (χ2n) is 8.47. The van der Waals surface area contributed by atoms with Crippen molar-refractivity contribution >= 4 is 11.8 Å². The summed E-state index contributed by atoms with van der Waals surface area (Å²) in [5.41, 5.74) is 3.07. The summed E-state index contributed by atoms with van der Waals surface area (Å²) in [4.78, 5) is 14.0. The van der Waals surface area contributed by atoms with E-state index >= 15 is 4.39 Å². The molecule has 34 heavy (non-hydrogen) atoms. The molecule has 2 aliphatic rings. The molecule has 1 heterocycles. The van der Waals surface area contributed by atoms with Crippen LogP contribution in [0.25, 0.3) is 11.1 Å². The van der Waals surface area contributed by atoms with Crippen LogP contribution in [0, 0.1) is 5.82 Å². The van der Waals surface area contributed by atoms with Gasteiger partial charge in [0.1, 0.15) is 12.4 Å². The van der Waals surface area contributed by atoms with E-state index in [1.807, 2.05) is 30.3 Å². The third-order valence-corrected chi connectivity index (χ3v) is 5.93. The number of hydrogen-bond acceptors (Lipinski definition) is 4. The Kier molecular flexibility index (Phi) is 6.04. The first-order valence-corrected chi connectivity index (χ1v) is 11.1. The van der Waals surface area contributed by atoms with Gasteiger partial charge in [0.2, 0.25) is 0 Å². The zero-order valence-electron chi connectivity index (χ0n) is 18.3. The molecular formula is C26H23F3N2O3. The van der Waals surface area contributed by atoms with Gasteiger partial charge in [0, 0.05) is 23.7 Å². The highest BCUT2D eigenvalue weighted by atomic mass is 19.3. The van der Waals surface area contributed by atoms with Crippen molar-refractivity contribution in [3.63, 3.8) is 0 Å². The maximum atomic E-state index is 15.1. The Morgan fingerprint density at radius 3 is 2.59 bits per heavy atom. The van der Waals surface area contributed by atoms with Crippen LogP contribution in [0.15, 0.2) is 60.7 Å². The van der Waals surface area contributed by atoms with Crippen LogP contribution in [0.5, 0.6) is 5.75 Å². The highest BCUT2D eigenvalue weighted by Gasteiger charge is 2.29. The molecule has 0 aromatic heterocycles. The summed E-state index contributed by atoms with van der Waals surface area (Å²) in [6.07, 6.45) is 1.38. The fourth-order valence-corrected chi connectivity index (χ4v) is 4.10. The second-order valence-corrected chi connectivity index (χ2v) is 8.47. The molecule has 0 atom stereocenters. The minimum absolute atomic E-state index is 0.0131. The van der Waals surface area contributed by atoms with Gasteiger partial charge in [-0.3, -0.25) is 4.90 Å². The molecular weight excluding hydrogens is 445 g/mol. The lowest BCUT2D eigenvalue weighted by molar-refractivity contribution is -0.0489. The lowest BCUT2D eigenvalue weighted by atomic mass is 9.98. The summed E-state index contributed by atoms with van der Waals surface area (Å²) < 4.78 is 51.7. The zero-order chi connectivity index (χ0) is 23.7. The standard InChI is InChI=1S/C26H23F3N2O3/c27-22-12-17(20-7-4-8-23(30-19-9-10-19)24(20)34-25(28)29)11-18-13-31(14-21(18)22)26(32)33-15-16-5-2-1-3-6-16/h1-8,11-12,19,25,30H,9-10,13-15H2. The normalized spacial score (nSPS) is 14.8. The SMILES string of the molecule is O=C(OCc1ccccc1)N1Cc2cc(-c3cccc(NC4CC4)c3OC(F)F)cc(F)c2C1. The number of para-hydroxylation sites is 1. The van der Waals surface area contributed by atoms with Crippen molar-refractivity contribution in [1.82, 2.24) is 4.90 Å². The van der Waals surface area contributed by atoms with Crippen molar-refractivity contribution in [1.29, 1.82) is 0 Å². The van der Waals surface area contributed by atoms with Gasteiger partial charge in [-0.05, 0) is 47.7 Å². The van der Waals surface area contributed by atoms with Gasteiger partial charge in [-0.2, -0.15) is 8.78 Å². The maximum absolute atomic E-state index is 15.1. The van der Waals surface area contributed by atoms with E-state index < -0.39 is 18.5 Å². The molecule has 0 bridgehead atoms. The fraction of sp³-hybridized carbons (Fsp3) is 0.269. The fourth-order valence-electron chi connectivity index (χ4n) is 4.10. The van der Waals surface area contributed by atoms with Crippen LogP contribution in [0.1, 0.15) is 29.5 Å². The third-order valence-electron chi connectivity index (χ3n) is 5.93. The molecule has 5 nitrogen and oxygen atoms in total. The number of alkyl halides is 2. The van der Waals surface area contributed by atoms with E-state index in [0.29, 0.717) is 27.9 Å². The number of nitrogens with zero attached hydrogens (tertiary/aromatic N) is 1. The topological polar surface area (TPSA) is 50.8 Å². The summed E-state index contributed by atoms with van der Waals surface area (Å²) in [5, 5.41) is 3.19. The van der Waals surface area contributed by atoms with Gasteiger partial charge in [-0.15, -0.1) is 0 Å². The number of ether oxygens (including phenoxy) is 2. The van der Waals surface area contributed by atoms with Gasteiger partial charge in [0.25, 0.3) is 0 Å². The summed E-state index contributed by atoms with van der Waals surface area (Å²) in [5.74, 6) is -0.518. The highest BCUT2D eigenvalue weighted by molar-refractivity contribution is 5.79.